The predicted octanol–water partition coefficient (Wildman–Crippen LogP) is 18.3. The number of rotatable bonds is 40. The summed E-state index contributed by atoms with van der Waals surface area (Å²) in [6.45, 7) is 5.82. The molecular formula is C66H86O10. The summed E-state index contributed by atoms with van der Waals surface area (Å²) in [5.74, 6) is -0.0398. The van der Waals surface area contributed by atoms with E-state index in [0.717, 1.165) is 31.4 Å². The largest absolute Gasteiger partial charge is 0.494 e. The maximum absolute atomic E-state index is 13.1. The van der Waals surface area contributed by atoms with Crippen LogP contribution >= 0.6 is 0 Å². The van der Waals surface area contributed by atoms with E-state index in [2.05, 4.69) is 13.8 Å². The van der Waals surface area contributed by atoms with Gasteiger partial charge in [0.2, 0.25) is 0 Å². The zero-order valence-corrected chi connectivity index (χ0v) is 45.8. The van der Waals surface area contributed by atoms with Crippen LogP contribution in [0.15, 0.2) is 121 Å². The third-order valence-electron chi connectivity index (χ3n) is 13.5. The van der Waals surface area contributed by atoms with Crippen molar-refractivity contribution in [3.63, 3.8) is 0 Å². The highest BCUT2D eigenvalue weighted by molar-refractivity contribution is 5.95. The van der Waals surface area contributed by atoms with Gasteiger partial charge in [0.15, 0.2) is 0 Å². The van der Waals surface area contributed by atoms with Gasteiger partial charge in [-0.25, -0.2) is 19.2 Å². The summed E-state index contributed by atoms with van der Waals surface area (Å²) >= 11 is 0. The number of carbonyl (C=O) groups excluding carboxylic acids is 4. The van der Waals surface area contributed by atoms with Crippen molar-refractivity contribution in [2.45, 2.75) is 194 Å². The first-order valence-electron chi connectivity index (χ1n) is 29.0. The Bertz CT molecular complexity index is 2370. The smallest absolute Gasteiger partial charge is 0.343 e. The van der Waals surface area contributed by atoms with Crippen LogP contribution in [0.5, 0.6) is 34.5 Å². The van der Waals surface area contributed by atoms with Crippen LogP contribution in [0.3, 0.4) is 0 Å². The van der Waals surface area contributed by atoms with E-state index in [1.807, 2.05) is 0 Å². The first-order chi connectivity index (χ1) is 37.3. The molecule has 0 radical (unpaired) electrons. The van der Waals surface area contributed by atoms with Crippen molar-refractivity contribution in [1.82, 2.24) is 0 Å². The molecule has 0 aliphatic rings. The fourth-order valence-corrected chi connectivity index (χ4v) is 8.93. The van der Waals surface area contributed by atoms with Gasteiger partial charge in [-0.2, -0.15) is 0 Å². The predicted molar refractivity (Wildman–Crippen MR) is 304 cm³/mol. The summed E-state index contributed by atoms with van der Waals surface area (Å²) in [5, 5.41) is 0. The summed E-state index contributed by atoms with van der Waals surface area (Å²) in [6.07, 6.45) is 36.7. The van der Waals surface area contributed by atoms with E-state index in [-0.39, 0.29) is 33.9 Å². The molecule has 10 nitrogen and oxygen atoms in total. The van der Waals surface area contributed by atoms with E-state index in [0.29, 0.717) is 30.3 Å². The highest BCUT2D eigenvalue weighted by Crippen LogP contribution is 2.24. The van der Waals surface area contributed by atoms with Gasteiger partial charge < -0.3 is 28.4 Å². The molecule has 0 unspecified atom stereocenters. The van der Waals surface area contributed by atoms with E-state index in [9.17, 15) is 19.2 Å². The van der Waals surface area contributed by atoms with E-state index >= 15 is 0 Å². The average Bonchev–Trinajstić information content (AvgIpc) is 3.44. The van der Waals surface area contributed by atoms with Gasteiger partial charge >= 0.3 is 23.9 Å². The molecule has 0 spiro atoms. The lowest BCUT2D eigenvalue weighted by Gasteiger charge is -2.09. The van der Waals surface area contributed by atoms with Gasteiger partial charge in [0.25, 0.3) is 0 Å². The molecule has 5 aromatic carbocycles. The fraction of sp³-hybridized carbons (Fsp3) is 0.485. The summed E-state index contributed by atoms with van der Waals surface area (Å²) in [6, 6.07) is 31.9. The highest BCUT2D eigenvalue weighted by Gasteiger charge is 2.16. The van der Waals surface area contributed by atoms with E-state index in [4.69, 9.17) is 28.4 Å². The summed E-state index contributed by atoms with van der Waals surface area (Å²) in [4.78, 5) is 51.9. The molecule has 0 aliphatic carbocycles. The molecule has 0 aliphatic heterocycles. The molecule has 0 N–H and O–H groups in total. The Morgan fingerprint density at radius 3 is 0.842 bits per heavy atom. The molecule has 5 rings (SSSR count). The molecule has 0 bridgehead atoms. The standard InChI is InChI=1S/C66H86O10/c1-3-5-7-9-11-13-15-17-19-21-23-25-27-29-50-71-57-40-34-53(35-41-57)63(67)73-59-42-38-55(39-43-59)65(69)76-62-33-31-32-56(52-62)66(70)75-60-44-36-54(37-45-60)64(68)74-61-48-46-58(47-49-61)72-51-30-28-26-24-22-20-18-16-14-12-10-8-6-4-2/h31-49,52H,3-30,50-51H2,1-2H3. The minimum Gasteiger partial charge on any atom is -0.494 e. The quantitative estimate of drug-likeness (QED) is 0.0213. The summed E-state index contributed by atoms with van der Waals surface area (Å²) in [7, 11) is 0. The van der Waals surface area contributed by atoms with Gasteiger partial charge in [0.1, 0.15) is 34.5 Å². The van der Waals surface area contributed by atoms with Gasteiger partial charge in [-0.3, -0.25) is 0 Å². The van der Waals surface area contributed by atoms with Crippen molar-refractivity contribution in [1.29, 1.82) is 0 Å². The van der Waals surface area contributed by atoms with Gasteiger partial charge in [0, 0.05) is 0 Å². The third-order valence-corrected chi connectivity index (χ3v) is 13.5. The molecule has 0 heterocycles. The van der Waals surface area contributed by atoms with Gasteiger partial charge in [-0.1, -0.05) is 187 Å². The van der Waals surface area contributed by atoms with Gasteiger partial charge in [0.05, 0.1) is 35.5 Å². The van der Waals surface area contributed by atoms with Crippen LogP contribution in [0.4, 0.5) is 0 Å². The molecule has 0 fully saturated rings. The van der Waals surface area contributed by atoms with Gasteiger partial charge in [-0.15, -0.1) is 0 Å². The number of ether oxygens (including phenoxy) is 6. The summed E-state index contributed by atoms with van der Waals surface area (Å²) < 4.78 is 34.0. The van der Waals surface area contributed by atoms with Crippen LogP contribution in [0.2, 0.25) is 0 Å². The number of benzene rings is 5. The lowest BCUT2D eigenvalue weighted by atomic mass is 10.0. The number of unbranched alkanes of at least 4 members (excludes halogenated alkanes) is 26. The molecule has 410 valence electrons. The van der Waals surface area contributed by atoms with Gasteiger partial charge in [-0.05, 0) is 128 Å². The van der Waals surface area contributed by atoms with Crippen LogP contribution < -0.4 is 28.4 Å². The first kappa shape index (κ1) is 60.4. The van der Waals surface area contributed by atoms with Crippen molar-refractivity contribution < 1.29 is 47.6 Å². The highest BCUT2D eigenvalue weighted by atomic mass is 16.5. The molecule has 0 atom stereocenters. The Labute approximate surface area is 454 Å². The third kappa shape index (κ3) is 24.9. The average molecular weight is 1040 g/mol. The maximum atomic E-state index is 13.1. The Morgan fingerprint density at radius 2 is 0.513 bits per heavy atom. The first-order valence-corrected chi connectivity index (χ1v) is 29.0. The minimum atomic E-state index is -0.687. The van der Waals surface area contributed by atoms with Crippen LogP contribution in [0.1, 0.15) is 235 Å². The van der Waals surface area contributed by atoms with Crippen LogP contribution in [-0.4, -0.2) is 37.1 Å². The van der Waals surface area contributed by atoms with Crippen molar-refractivity contribution >= 4 is 23.9 Å². The topological polar surface area (TPSA) is 124 Å². The monoisotopic (exact) mass is 1040 g/mol. The van der Waals surface area contributed by atoms with Crippen molar-refractivity contribution in [2.24, 2.45) is 0 Å². The molecular weight excluding hydrogens is 953 g/mol. The Kier molecular flexibility index (Phi) is 29.7. The SMILES string of the molecule is CCCCCCCCCCCCCCCCOc1ccc(OC(=O)c2ccc(OC(=O)c3cccc(OC(=O)c4ccc(OC(=O)c5ccc(OCCCCCCCCCCCCCCCC)cc5)cc4)c3)cc2)cc1. The van der Waals surface area contributed by atoms with E-state index < -0.39 is 23.9 Å². The second-order valence-electron chi connectivity index (χ2n) is 20.0. The minimum absolute atomic E-state index is 0.129. The van der Waals surface area contributed by atoms with E-state index in [1.54, 1.807) is 60.7 Å². The van der Waals surface area contributed by atoms with Crippen LogP contribution in [0, 0.1) is 0 Å². The number of hydrogen-bond donors (Lipinski definition) is 0. The normalized spacial score (nSPS) is 11.0. The van der Waals surface area contributed by atoms with Crippen LogP contribution in [-0.2, 0) is 0 Å². The Balaban J connectivity index is 0.923. The zero-order valence-electron chi connectivity index (χ0n) is 45.8. The molecule has 5 aromatic rings. The fourth-order valence-electron chi connectivity index (χ4n) is 8.93. The molecule has 10 heteroatoms. The van der Waals surface area contributed by atoms with Crippen molar-refractivity contribution in [3.8, 4) is 34.5 Å². The van der Waals surface area contributed by atoms with Crippen molar-refractivity contribution in [2.75, 3.05) is 13.2 Å². The number of hydrogen-bond acceptors (Lipinski definition) is 10. The second kappa shape index (κ2) is 37.3. The molecule has 0 aromatic heterocycles. The Morgan fingerprint density at radius 1 is 0.263 bits per heavy atom. The molecule has 76 heavy (non-hydrogen) atoms. The molecule has 0 amide bonds. The molecule has 0 saturated carbocycles. The lowest BCUT2D eigenvalue weighted by molar-refractivity contribution is 0.0712. The van der Waals surface area contributed by atoms with Crippen LogP contribution in [0.25, 0.3) is 0 Å². The van der Waals surface area contributed by atoms with Crippen molar-refractivity contribution in [3.05, 3.63) is 144 Å². The lowest BCUT2D eigenvalue weighted by Crippen LogP contribution is -2.12. The second-order valence-corrected chi connectivity index (χ2v) is 20.0. The maximum Gasteiger partial charge on any atom is 0.343 e. The zero-order chi connectivity index (χ0) is 53.7. The number of esters is 4. The summed E-state index contributed by atoms with van der Waals surface area (Å²) in [5.41, 5.74) is 1.01. The molecule has 0 saturated heterocycles. The Hall–Kier alpha value is -6.42. The number of carbonyl (C=O) groups is 4. The van der Waals surface area contributed by atoms with E-state index in [1.165, 1.54) is 215 Å².